The van der Waals surface area contributed by atoms with Crippen LogP contribution in [-0.4, -0.2) is 59.6 Å². The molecule has 188 valence electrons. The van der Waals surface area contributed by atoms with E-state index < -0.39 is 12.0 Å². The monoisotopic (exact) mass is 482 g/mol. The van der Waals surface area contributed by atoms with Gasteiger partial charge in [0.05, 0.1) is 0 Å². The smallest absolute Gasteiger partial charge is 0.320 e. The molecular weight excluding hydrogens is 446 g/mol. The fourth-order valence-corrected chi connectivity index (χ4v) is 6.42. The van der Waals surface area contributed by atoms with Gasteiger partial charge in [-0.15, -0.1) is 0 Å². The van der Waals surface area contributed by atoms with Crippen LogP contribution >= 0.6 is 0 Å². The molecule has 2 aromatic rings. The van der Waals surface area contributed by atoms with Crippen molar-refractivity contribution in [2.45, 2.75) is 56.4 Å². The maximum Gasteiger partial charge on any atom is 0.320 e. The lowest BCUT2D eigenvalue weighted by atomic mass is 9.80. The summed E-state index contributed by atoms with van der Waals surface area (Å²) in [5.74, 6) is 0.210. The molecule has 1 aliphatic carbocycles. The number of carboxylic acids is 1. The highest BCUT2D eigenvalue weighted by Gasteiger charge is 2.41. The summed E-state index contributed by atoms with van der Waals surface area (Å²) in [4.78, 5) is 16.9. The van der Waals surface area contributed by atoms with Crippen molar-refractivity contribution in [3.63, 3.8) is 0 Å². The number of hydrogen-bond acceptors (Lipinski definition) is 3. The standard InChI is InChI=1S/C29H36F2N2O2/c30-25-9-7-21(8-10-25)22-11-13-32(14-12-22)17-24-18-33(28(29(34)35)15-20-3-1-4-20)19-27(24)23-5-2-6-26(31)16-23/h2,5-10,16,20,22,24,27-28H,1,3-4,11-15,17-19H2,(H,34,35)/t24-,27+,28+/m0/s1. The quantitative estimate of drug-likeness (QED) is 0.539. The Bertz CT molecular complexity index is 1000. The first-order valence-electron chi connectivity index (χ1n) is 13.2. The maximum absolute atomic E-state index is 14.1. The van der Waals surface area contributed by atoms with Crippen LogP contribution in [0.4, 0.5) is 8.78 Å². The molecule has 6 heteroatoms. The first-order valence-corrected chi connectivity index (χ1v) is 13.2. The van der Waals surface area contributed by atoms with Gasteiger partial charge < -0.3 is 10.0 Å². The molecule has 3 aliphatic rings. The SMILES string of the molecule is O=C(O)[C@@H](CC1CCC1)N1C[C@H](CN2CCC(c3ccc(F)cc3)CC2)[C@@H](c2cccc(F)c2)C1. The summed E-state index contributed by atoms with van der Waals surface area (Å²) in [6.07, 6.45) is 6.27. The number of piperidine rings is 1. The Hall–Kier alpha value is -2.31. The second-order valence-electron chi connectivity index (χ2n) is 10.9. The van der Waals surface area contributed by atoms with Gasteiger partial charge in [0.15, 0.2) is 0 Å². The minimum Gasteiger partial charge on any atom is -0.480 e. The van der Waals surface area contributed by atoms with Crippen LogP contribution < -0.4 is 0 Å². The number of likely N-dealkylation sites (tertiary alicyclic amines) is 2. The van der Waals surface area contributed by atoms with Crippen LogP contribution in [0.2, 0.25) is 0 Å². The largest absolute Gasteiger partial charge is 0.480 e. The molecule has 0 amide bonds. The van der Waals surface area contributed by atoms with Crippen molar-refractivity contribution in [1.82, 2.24) is 9.80 Å². The van der Waals surface area contributed by atoms with Crippen LogP contribution in [0.25, 0.3) is 0 Å². The number of hydrogen-bond donors (Lipinski definition) is 1. The molecule has 1 saturated carbocycles. The minimum atomic E-state index is -0.726. The predicted molar refractivity (Wildman–Crippen MR) is 132 cm³/mol. The summed E-state index contributed by atoms with van der Waals surface area (Å²) < 4.78 is 27.4. The maximum atomic E-state index is 14.1. The summed E-state index contributed by atoms with van der Waals surface area (Å²) in [6.45, 7) is 4.24. The van der Waals surface area contributed by atoms with E-state index in [-0.39, 0.29) is 23.5 Å². The van der Waals surface area contributed by atoms with Crippen molar-refractivity contribution >= 4 is 5.97 Å². The highest BCUT2D eigenvalue weighted by Crippen LogP contribution is 2.39. The third kappa shape index (κ3) is 5.75. The molecular formula is C29H36F2N2O2. The molecule has 5 rings (SSSR count). The molecule has 0 bridgehead atoms. The molecule has 3 atom stereocenters. The number of halogens is 2. The van der Waals surface area contributed by atoms with E-state index in [0.717, 1.165) is 63.8 Å². The lowest BCUT2D eigenvalue weighted by Crippen LogP contribution is -2.43. The molecule has 2 aliphatic heterocycles. The van der Waals surface area contributed by atoms with E-state index in [1.54, 1.807) is 24.3 Å². The van der Waals surface area contributed by atoms with E-state index >= 15 is 0 Å². The van der Waals surface area contributed by atoms with Gasteiger partial charge in [0, 0.05) is 25.6 Å². The minimum absolute atomic E-state index is 0.128. The first-order chi connectivity index (χ1) is 17.0. The van der Waals surface area contributed by atoms with E-state index in [0.29, 0.717) is 18.4 Å². The zero-order valence-corrected chi connectivity index (χ0v) is 20.3. The zero-order chi connectivity index (χ0) is 24.4. The van der Waals surface area contributed by atoms with Gasteiger partial charge in [0.1, 0.15) is 17.7 Å². The van der Waals surface area contributed by atoms with Crippen LogP contribution in [0.5, 0.6) is 0 Å². The van der Waals surface area contributed by atoms with E-state index in [1.807, 2.05) is 18.2 Å². The van der Waals surface area contributed by atoms with Gasteiger partial charge in [-0.2, -0.15) is 0 Å². The van der Waals surface area contributed by atoms with Crippen molar-refractivity contribution in [2.24, 2.45) is 11.8 Å². The predicted octanol–water partition coefficient (Wildman–Crippen LogP) is 5.50. The van der Waals surface area contributed by atoms with Gasteiger partial charge in [-0.25, -0.2) is 8.78 Å². The second-order valence-corrected chi connectivity index (χ2v) is 10.9. The number of aliphatic carboxylic acids is 1. The van der Waals surface area contributed by atoms with Crippen molar-refractivity contribution < 1.29 is 18.7 Å². The molecule has 2 heterocycles. The molecule has 0 spiro atoms. The number of rotatable bonds is 8. The molecule has 0 aromatic heterocycles. The van der Waals surface area contributed by atoms with Crippen molar-refractivity contribution in [3.8, 4) is 0 Å². The Labute approximate surface area is 206 Å². The lowest BCUT2D eigenvalue weighted by Gasteiger charge is -2.35. The van der Waals surface area contributed by atoms with Crippen LogP contribution in [-0.2, 0) is 4.79 Å². The normalized spacial score (nSPS) is 25.4. The van der Waals surface area contributed by atoms with Crippen molar-refractivity contribution in [3.05, 3.63) is 71.3 Å². The third-order valence-electron chi connectivity index (χ3n) is 8.67. The average Bonchev–Trinajstić information content (AvgIpc) is 3.22. The summed E-state index contributed by atoms with van der Waals surface area (Å²) in [5.41, 5.74) is 2.18. The first kappa shape index (κ1) is 24.4. The average molecular weight is 483 g/mol. The molecule has 0 unspecified atom stereocenters. The number of carbonyl (C=O) groups is 1. The van der Waals surface area contributed by atoms with E-state index in [2.05, 4.69) is 9.80 Å². The third-order valence-corrected chi connectivity index (χ3v) is 8.67. The van der Waals surface area contributed by atoms with Crippen LogP contribution in [0.15, 0.2) is 48.5 Å². The Morgan fingerprint density at radius 2 is 1.69 bits per heavy atom. The Morgan fingerprint density at radius 1 is 0.943 bits per heavy atom. The van der Waals surface area contributed by atoms with Gasteiger partial charge in [-0.05, 0) is 85.5 Å². The Morgan fingerprint density at radius 3 is 2.31 bits per heavy atom. The van der Waals surface area contributed by atoms with Gasteiger partial charge in [0.2, 0.25) is 0 Å². The van der Waals surface area contributed by atoms with Gasteiger partial charge in [-0.3, -0.25) is 9.69 Å². The lowest BCUT2D eigenvalue weighted by molar-refractivity contribution is -0.144. The number of nitrogens with zero attached hydrogens (tertiary/aromatic N) is 2. The topological polar surface area (TPSA) is 43.8 Å². The molecule has 2 saturated heterocycles. The molecule has 0 radical (unpaired) electrons. The van der Waals surface area contributed by atoms with E-state index in [9.17, 15) is 18.7 Å². The second kappa shape index (κ2) is 10.8. The van der Waals surface area contributed by atoms with Crippen LogP contribution in [0.3, 0.4) is 0 Å². The van der Waals surface area contributed by atoms with Gasteiger partial charge >= 0.3 is 5.97 Å². The molecule has 4 nitrogen and oxygen atoms in total. The molecule has 1 N–H and O–H groups in total. The molecule has 35 heavy (non-hydrogen) atoms. The summed E-state index contributed by atoms with van der Waals surface area (Å²) in [7, 11) is 0. The highest BCUT2D eigenvalue weighted by atomic mass is 19.1. The van der Waals surface area contributed by atoms with Crippen molar-refractivity contribution in [1.29, 1.82) is 0 Å². The van der Waals surface area contributed by atoms with Crippen LogP contribution in [0.1, 0.15) is 61.5 Å². The Balaban J connectivity index is 1.27. The van der Waals surface area contributed by atoms with E-state index in [1.165, 1.54) is 18.1 Å². The summed E-state index contributed by atoms with van der Waals surface area (Å²) >= 11 is 0. The fraction of sp³-hybridized carbons (Fsp3) is 0.552. The van der Waals surface area contributed by atoms with E-state index in [4.69, 9.17) is 0 Å². The fourth-order valence-electron chi connectivity index (χ4n) is 6.42. The molecule has 2 aromatic carbocycles. The summed E-state index contributed by atoms with van der Waals surface area (Å²) in [5, 5.41) is 10.0. The number of benzene rings is 2. The number of carboxylic acid groups (broad SMARTS) is 1. The Kier molecular flexibility index (Phi) is 7.49. The molecule has 3 fully saturated rings. The van der Waals surface area contributed by atoms with Crippen molar-refractivity contribution in [2.75, 3.05) is 32.7 Å². The zero-order valence-electron chi connectivity index (χ0n) is 20.3. The van der Waals surface area contributed by atoms with Gasteiger partial charge in [-0.1, -0.05) is 43.5 Å². The summed E-state index contributed by atoms with van der Waals surface area (Å²) in [6, 6.07) is 13.3. The highest BCUT2D eigenvalue weighted by molar-refractivity contribution is 5.73. The van der Waals surface area contributed by atoms with Gasteiger partial charge in [0.25, 0.3) is 0 Å². The van der Waals surface area contributed by atoms with Crippen LogP contribution in [0, 0.1) is 23.5 Å².